The fourth-order valence-electron chi connectivity index (χ4n) is 4.30. The van der Waals surface area contributed by atoms with Gasteiger partial charge in [0.1, 0.15) is 0 Å². The first-order valence-electron chi connectivity index (χ1n) is 13.0. The molecule has 0 bridgehead atoms. The largest absolute Gasteiger partial charge is 0.449 e. The number of halogens is 1. The molecule has 0 radical (unpaired) electrons. The van der Waals surface area contributed by atoms with Crippen molar-refractivity contribution in [2.45, 2.75) is 33.3 Å². The molecule has 1 aromatic heterocycles. The van der Waals surface area contributed by atoms with E-state index in [9.17, 15) is 9.59 Å². The molecule has 0 aliphatic heterocycles. The van der Waals surface area contributed by atoms with Crippen LogP contribution in [0, 0.1) is 13.8 Å². The second kappa shape index (κ2) is 11.7. The number of aryl methyl sites for hydroxylation is 2. The lowest BCUT2D eigenvalue weighted by molar-refractivity contribution is -0.124. The quantitative estimate of drug-likeness (QED) is 0.209. The number of anilines is 1. The number of hydrogen-bond donors (Lipinski definition) is 1. The van der Waals surface area contributed by atoms with Crippen LogP contribution in [0.4, 0.5) is 5.69 Å². The van der Waals surface area contributed by atoms with Gasteiger partial charge in [0.15, 0.2) is 6.10 Å². The lowest BCUT2D eigenvalue weighted by atomic mass is 10.0. The maximum absolute atomic E-state index is 13.1. The molecule has 5 aromatic rings. The van der Waals surface area contributed by atoms with Gasteiger partial charge in [0.05, 0.1) is 38.7 Å². The van der Waals surface area contributed by atoms with Crippen molar-refractivity contribution in [3.8, 4) is 22.5 Å². The van der Waals surface area contributed by atoms with E-state index in [1.54, 1.807) is 49.4 Å². The minimum absolute atomic E-state index is 0.281. The number of esters is 1. The summed E-state index contributed by atoms with van der Waals surface area (Å²) < 4.78 is 5.60. The van der Waals surface area contributed by atoms with Crippen molar-refractivity contribution in [1.82, 2.24) is 9.97 Å². The molecule has 0 saturated heterocycles. The van der Waals surface area contributed by atoms with Crippen LogP contribution in [0.2, 0.25) is 5.02 Å². The number of carbonyl (C=O) groups excluding carboxylic acids is 2. The Morgan fingerprint density at radius 1 is 0.800 bits per heavy atom. The summed E-state index contributed by atoms with van der Waals surface area (Å²) in [5, 5.41) is 3.13. The monoisotopic (exact) mass is 549 g/mol. The van der Waals surface area contributed by atoms with Gasteiger partial charge in [0, 0.05) is 11.1 Å². The van der Waals surface area contributed by atoms with Gasteiger partial charge in [-0.15, -0.1) is 0 Å². The topological polar surface area (TPSA) is 81.2 Å². The van der Waals surface area contributed by atoms with Crippen LogP contribution >= 0.6 is 11.6 Å². The fourth-order valence-corrected chi connectivity index (χ4v) is 4.48. The Kier molecular flexibility index (Phi) is 7.89. The number of aromatic nitrogens is 2. The number of fused-ring (bicyclic) bond motifs is 1. The fraction of sp³-hybridized carbons (Fsp3) is 0.152. The molecule has 40 heavy (non-hydrogen) atoms. The van der Waals surface area contributed by atoms with E-state index in [1.807, 2.05) is 62.4 Å². The highest BCUT2D eigenvalue weighted by molar-refractivity contribution is 6.33. The number of carbonyl (C=O) groups is 2. The molecule has 7 heteroatoms. The summed E-state index contributed by atoms with van der Waals surface area (Å²) in [6.45, 7) is 5.85. The molecule has 1 N–H and O–H groups in total. The molecule has 0 spiro atoms. The molecule has 1 heterocycles. The number of nitrogens with zero attached hydrogens (tertiary/aromatic N) is 2. The summed E-state index contributed by atoms with van der Waals surface area (Å²) in [6.07, 6.45) is -0.690. The number of amides is 1. The van der Waals surface area contributed by atoms with Crippen molar-refractivity contribution >= 4 is 40.2 Å². The van der Waals surface area contributed by atoms with Crippen molar-refractivity contribution < 1.29 is 14.3 Å². The molecule has 200 valence electrons. The van der Waals surface area contributed by atoms with Gasteiger partial charge in [-0.3, -0.25) is 4.79 Å². The maximum atomic E-state index is 13.1. The third-order valence-electron chi connectivity index (χ3n) is 6.59. The van der Waals surface area contributed by atoms with Crippen LogP contribution in [0.15, 0.2) is 91.0 Å². The summed E-state index contributed by atoms with van der Waals surface area (Å²) in [7, 11) is 0. The summed E-state index contributed by atoms with van der Waals surface area (Å²) in [5.74, 6) is -1.07. The van der Waals surface area contributed by atoms with E-state index < -0.39 is 18.0 Å². The smallest absolute Gasteiger partial charge is 0.338 e. The predicted octanol–water partition coefficient (Wildman–Crippen LogP) is 7.81. The van der Waals surface area contributed by atoms with E-state index in [2.05, 4.69) is 5.32 Å². The highest BCUT2D eigenvalue weighted by Gasteiger charge is 2.23. The van der Waals surface area contributed by atoms with Crippen molar-refractivity contribution in [3.05, 3.63) is 113 Å². The van der Waals surface area contributed by atoms with E-state index in [0.717, 1.165) is 27.9 Å². The van der Waals surface area contributed by atoms with Gasteiger partial charge in [-0.25, -0.2) is 14.8 Å². The number of ether oxygens (including phenoxy) is 1. The van der Waals surface area contributed by atoms with Crippen molar-refractivity contribution in [3.63, 3.8) is 0 Å². The molecule has 1 atom stereocenters. The molecule has 5 rings (SSSR count). The minimum Gasteiger partial charge on any atom is -0.449 e. The molecule has 0 saturated carbocycles. The van der Waals surface area contributed by atoms with E-state index >= 15 is 0 Å². The second-order valence-electron chi connectivity index (χ2n) is 9.63. The van der Waals surface area contributed by atoms with Crippen molar-refractivity contribution in [2.24, 2.45) is 0 Å². The first kappa shape index (κ1) is 27.0. The minimum atomic E-state index is -0.988. The summed E-state index contributed by atoms with van der Waals surface area (Å²) in [6, 6.07) is 28.2. The highest BCUT2D eigenvalue weighted by Crippen LogP contribution is 2.32. The zero-order valence-electron chi connectivity index (χ0n) is 22.4. The van der Waals surface area contributed by atoms with E-state index in [1.165, 1.54) is 0 Å². The Morgan fingerprint density at radius 3 is 1.95 bits per heavy atom. The molecule has 6 nitrogen and oxygen atoms in total. The van der Waals surface area contributed by atoms with E-state index in [4.69, 9.17) is 26.3 Å². The molecule has 4 aromatic carbocycles. The lowest BCUT2D eigenvalue weighted by Gasteiger charge is -2.17. The Morgan fingerprint density at radius 2 is 1.38 bits per heavy atom. The highest BCUT2D eigenvalue weighted by atomic mass is 35.5. The summed E-state index contributed by atoms with van der Waals surface area (Å²) in [4.78, 5) is 35.8. The van der Waals surface area contributed by atoms with Crippen LogP contribution in [0.5, 0.6) is 0 Å². The van der Waals surface area contributed by atoms with Crippen LogP contribution in [0.25, 0.3) is 33.5 Å². The predicted molar refractivity (Wildman–Crippen MR) is 159 cm³/mol. The van der Waals surface area contributed by atoms with Gasteiger partial charge >= 0.3 is 5.97 Å². The van der Waals surface area contributed by atoms with Crippen LogP contribution in [-0.4, -0.2) is 27.9 Å². The van der Waals surface area contributed by atoms with Crippen molar-refractivity contribution in [2.75, 3.05) is 5.32 Å². The third-order valence-corrected chi connectivity index (χ3v) is 6.92. The Labute approximate surface area is 238 Å². The van der Waals surface area contributed by atoms with E-state index in [0.29, 0.717) is 33.9 Å². The molecule has 0 aliphatic rings. The van der Waals surface area contributed by atoms with Gasteiger partial charge in [0.25, 0.3) is 5.91 Å². The first-order valence-corrected chi connectivity index (χ1v) is 13.4. The number of para-hydroxylation sites is 1. The third kappa shape index (κ3) is 5.87. The van der Waals surface area contributed by atoms with Crippen LogP contribution in [0.1, 0.15) is 34.8 Å². The van der Waals surface area contributed by atoms with Gasteiger partial charge in [0.2, 0.25) is 0 Å². The number of hydrogen-bond acceptors (Lipinski definition) is 5. The molecular weight excluding hydrogens is 522 g/mol. The number of nitrogens with one attached hydrogen (secondary N) is 1. The van der Waals surface area contributed by atoms with Gasteiger partial charge in [-0.05, 0) is 50.6 Å². The molecule has 1 unspecified atom stereocenters. The Hall–Kier alpha value is -4.55. The summed E-state index contributed by atoms with van der Waals surface area (Å²) >= 11 is 6.16. The molecular formula is C33H28ClN3O3. The number of rotatable bonds is 7. The van der Waals surface area contributed by atoms with Crippen molar-refractivity contribution in [1.29, 1.82) is 0 Å². The van der Waals surface area contributed by atoms with Crippen LogP contribution in [0.3, 0.4) is 0 Å². The van der Waals surface area contributed by atoms with Crippen LogP contribution in [-0.2, 0) is 9.53 Å². The first-order chi connectivity index (χ1) is 19.3. The molecule has 0 fully saturated rings. The van der Waals surface area contributed by atoms with Gasteiger partial charge in [-0.1, -0.05) is 90.3 Å². The summed E-state index contributed by atoms with van der Waals surface area (Å²) in [5.41, 5.74) is 7.58. The van der Waals surface area contributed by atoms with Gasteiger partial charge < -0.3 is 10.1 Å². The molecule has 1 amide bonds. The standard InChI is InChI=1S/C33H28ClN3O3/c1-4-29(32(38)37-26-8-6-5-7-25(26)34)40-33(39)24-17-18-27-28(19-24)36-31(23-15-11-21(3)12-16-23)30(35-27)22-13-9-20(2)10-14-22/h5-19,29H,4H2,1-3H3,(H,37,38). The Balaban J connectivity index is 1.47. The average Bonchev–Trinajstić information content (AvgIpc) is 2.96. The lowest BCUT2D eigenvalue weighted by Crippen LogP contribution is -2.32. The van der Waals surface area contributed by atoms with Gasteiger partial charge in [-0.2, -0.15) is 0 Å². The maximum Gasteiger partial charge on any atom is 0.338 e. The Bertz CT molecular complexity index is 1700. The number of benzene rings is 4. The normalized spacial score (nSPS) is 11.7. The van der Waals surface area contributed by atoms with E-state index in [-0.39, 0.29) is 5.56 Å². The van der Waals surface area contributed by atoms with Crippen LogP contribution < -0.4 is 5.32 Å². The zero-order chi connectivity index (χ0) is 28.2. The average molecular weight is 550 g/mol. The zero-order valence-corrected chi connectivity index (χ0v) is 23.2. The second-order valence-corrected chi connectivity index (χ2v) is 10.0. The SMILES string of the molecule is CCC(OC(=O)c1ccc2nc(-c3ccc(C)cc3)c(-c3ccc(C)cc3)nc2c1)C(=O)Nc1ccccc1Cl. The molecule has 0 aliphatic carbocycles.